The highest BCUT2D eigenvalue weighted by Gasteiger charge is 2.10. The Balaban J connectivity index is 2.33. The number of rotatable bonds is 7. The number of halogens is 2. The van der Waals surface area contributed by atoms with Gasteiger partial charge in [-0.2, -0.15) is 0 Å². The third-order valence-corrected chi connectivity index (χ3v) is 3.02. The molecule has 0 saturated carbocycles. The van der Waals surface area contributed by atoms with Crippen LogP contribution in [0.4, 0.5) is 0 Å². The van der Waals surface area contributed by atoms with Crippen LogP contribution in [0.3, 0.4) is 0 Å². The Bertz CT molecular complexity index is 441. The zero-order chi connectivity index (χ0) is 14.3. The summed E-state index contributed by atoms with van der Waals surface area (Å²) in [5.41, 5.74) is 1.60. The fourth-order valence-corrected chi connectivity index (χ4v) is 1.96. The normalized spacial score (nSPS) is 10.3. The van der Waals surface area contributed by atoms with Crippen molar-refractivity contribution in [3.05, 3.63) is 46.0 Å². The molecule has 0 bridgehead atoms. The van der Waals surface area contributed by atoms with E-state index in [2.05, 4.69) is 11.9 Å². The molecule has 0 aliphatic rings. The molecule has 19 heavy (non-hydrogen) atoms. The van der Waals surface area contributed by atoms with E-state index in [1.807, 2.05) is 6.92 Å². The summed E-state index contributed by atoms with van der Waals surface area (Å²) in [6.45, 7) is 7.02. The second kappa shape index (κ2) is 8.20. The van der Waals surface area contributed by atoms with E-state index < -0.39 is 0 Å². The third kappa shape index (κ3) is 6.10. The topological polar surface area (TPSA) is 38.3 Å². The van der Waals surface area contributed by atoms with Crippen molar-refractivity contribution in [1.29, 1.82) is 0 Å². The van der Waals surface area contributed by atoms with Gasteiger partial charge in [0.05, 0.1) is 19.6 Å². The first-order valence-electron chi connectivity index (χ1n) is 5.92. The van der Waals surface area contributed by atoms with E-state index in [1.165, 1.54) is 0 Å². The van der Waals surface area contributed by atoms with E-state index in [4.69, 9.17) is 27.9 Å². The summed E-state index contributed by atoms with van der Waals surface area (Å²) >= 11 is 12.0. The van der Waals surface area contributed by atoms with Gasteiger partial charge in [-0.3, -0.25) is 4.79 Å². The molecule has 1 N–H and O–H groups in total. The summed E-state index contributed by atoms with van der Waals surface area (Å²) in [5, 5.41) is 3.75. The highest BCUT2D eigenvalue weighted by atomic mass is 35.5. The van der Waals surface area contributed by atoms with Crippen LogP contribution >= 0.6 is 23.2 Å². The number of carbonyl (C=O) groups is 1. The van der Waals surface area contributed by atoms with E-state index in [9.17, 15) is 4.79 Å². The Labute approximate surface area is 123 Å². The van der Waals surface area contributed by atoms with Crippen molar-refractivity contribution in [1.82, 2.24) is 5.32 Å². The van der Waals surface area contributed by atoms with Crippen LogP contribution < -0.4 is 5.32 Å². The zero-order valence-corrected chi connectivity index (χ0v) is 12.4. The van der Waals surface area contributed by atoms with Gasteiger partial charge >= 0.3 is 0 Å². The molecule has 5 heteroatoms. The van der Waals surface area contributed by atoms with Crippen LogP contribution in [0.5, 0.6) is 0 Å². The van der Waals surface area contributed by atoms with Gasteiger partial charge in [-0.1, -0.05) is 41.4 Å². The lowest BCUT2D eigenvalue weighted by molar-refractivity contribution is -0.120. The van der Waals surface area contributed by atoms with Crippen LogP contribution in [0, 0.1) is 0 Å². The Morgan fingerprint density at radius 3 is 2.58 bits per heavy atom. The molecule has 0 fully saturated rings. The molecule has 0 aromatic heterocycles. The summed E-state index contributed by atoms with van der Waals surface area (Å²) < 4.78 is 5.28. The lowest BCUT2D eigenvalue weighted by Crippen LogP contribution is -2.29. The van der Waals surface area contributed by atoms with Crippen LogP contribution in [0.25, 0.3) is 0 Å². The Morgan fingerprint density at radius 1 is 1.37 bits per heavy atom. The van der Waals surface area contributed by atoms with Crippen LogP contribution in [0.2, 0.25) is 10.0 Å². The molecule has 0 aliphatic carbocycles. The minimum Gasteiger partial charge on any atom is -0.375 e. The molecule has 0 radical (unpaired) electrons. The largest absolute Gasteiger partial charge is 0.375 e. The number of amides is 1. The number of nitrogens with one attached hydrogen (secondary N) is 1. The summed E-state index contributed by atoms with van der Waals surface area (Å²) in [4.78, 5) is 11.7. The van der Waals surface area contributed by atoms with Crippen LogP contribution in [-0.2, 0) is 16.0 Å². The van der Waals surface area contributed by atoms with Gasteiger partial charge in [-0.15, -0.1) is 0 Å². The van der Waals surface area contributed by atoms with Crippen LogP contribution in [0.15, 0.2) is 30.4 Å². The highest BCUT2D eigenvalue weighted by Crippen LogP contribution is 2.24. The van der Waals surface area contributed by atoms with E-state index in [0.717, 1.165) is 5.57 Å². The number of hydrogen-bond donors (Lipinski definition) is 1. The van der Waals surface area contributed by atoms with E-state index in [1.54, 1.807) is 18.2 Å². The summed E-state index contributed by atoms with van der Waals surface area (Å²) in [7, 11) is 0. The molecule has 3 nitrogen and oxygen atoms in total. The third-order valence-electron chi connectivity index (χ3n) is 2.32. The fraction of sp³-hybridized carbons (Fsp3) is 0.357. The maximum atomic E-state index is 11.7. The molecule has 0 aliphatic heterocycles. The summed E-state index contributed by atoms with van der Waals surface area (Å²) in [5.74, 6) is -0.131. The van der Waals surface area contributed by atoms with Crippen molar-refractivity contribution < 1.29 is 9.53 Å². The first-order chi connectivity index (χ1) is 9.00. The molecule has 1 aromatic rings. The summed E-state index contributed by atoms with van der Waals surface area (Å²) in [6.07, 6.45) is 0.166. The minimum atomic E-state index is -0.131. The van der Waals surface area contributed by atoms with Gasteiger partial charge in [0.2, 0.25) is 5.91 Å². The average molecular weight is 302 g/mol. The molecular formula is C14H17Cl2NO2. The first-order valence-corrected chi connectivity index (χ1v) is 6.68. The van der Waals surface area contributed by atoms with E-state index in [0.29, 0.717) is 35.4 Å². The molecule has 0 saturated heterocycles. The minimum absolute atomic E-state index is 0.131. The fourth-order valence-electron chi connectivity index (χ4n) is 1.43. The molecule has 0 atom stereocenters. The zero-order valence-electron chi connectivity index (χ0n) is 10.8. The first kappa shape index (κ1) is 16.0. The van der Waals surface area contributed by atoms with Gasteiger partial charge in [0, 0.05) is 16.6 Å². The Hall–Kier alpha value is -1.03. The van der Waals surface area contributed by atoms with Gasteiger partial charge < -0.3 is 10.1 Å². The Morgan fingerprint density at radius 2 is 2.00 bits per heavy atom. The average Bonchev–Trinajstić information content (AvgIpc) is 2.33. The number of carbonyl (C=O) groups excluding carboxylic acids is 1. The van der Waals surface area contributed by atoms with Crippen LogP contribution in [-0.4, -0.2) is 25.7 Å². The second-order valence-corrected chi connectivity index (χ2v) is 5.05. The quantitative estimate of drug-likeness (QED) is 0.620. The predicted octanol–water partition coefficient (Wildman–Crippen LogP) is 3.24. The molecule has 0 heterocycles. The monoisotopic (exact) mass is 301 g/mol. The smallest absolute Gasteiger partial charge is 0.224 e. The molecular weight excluding hydrogens is 285 g/mol. The molecule has 0 spiro atoms. The number of benzene rings is 1. The highest BCUT2D eigenvalue weighted by molar-refractivity contribution is 6.36. The molecule has 1 aromatic carbocycles. The van der Waals surface area contributed by atoms with Crippen molar-refractivity contribution in [3.63, 3.8) is 0 Å². The van der Waals surface area contributed by atoms with Crippen molar-refractivity contribution in [2.24, 2.45) is 0 Å². The van der Waals surface area contributed by atoms with Crippen molar-refractivity contribution in [2.45, 2.75) is 13.3 Å². The van der Waals surface area contributed by atoms with Gasteiger partial charge in [0.25, 0.3) is 0 Å². The van der Waals surface area contributed by atoms with E-state index >= 15 is 0 Å². The lowest BCUT2D eigenvalue weighted by atomic mass is 10.1. The lowest BCUT2D eigenvalue weighted by Gasteiger charge is -2.08. The molecule has 1 amide bonds. The van der Waals surface area contributed by atoms with Crippen LogP contribution in [0.1, 0.15) is 12.5 Å². The van der Waals surface area contributed by atoms with Gasteiger partial charge in [-0.05, 0) is 24.6 Å². The SMILES string of the molecule is C=C(C)COCCNC(=O)Cc1c(Cl)cccc1Cl. The maximum Gasteiger partial charge on any atom is 0.224 e. The maximum absolute atomic E-state index is 11.7. The number of hydrogen-bond acceptors (Lipinski definition) is 2. The predicted molar refractivity (Wildman–Crippen MR) is 78.8 cm³/mol. The second-order valence-electron chi connectivity index (χ2n) is 4.24. The van der Waals surface area contributed by atoms with Crippen molar-refractivity contribution in [3.8, 4) is 0 Å². The van der Waals surface area contributed by atoms with Crippen molar-refractivity contribution in [2.75, 3.05) is 19.8 Å². The van der Waals surface area contributed by atoms with Crippen molar-refractivity contribution >= 4 is 29.1 Å². The standard InChI is InChI=1S/C14H17Cl2NO2/c1-10(2)9-19-7-6-17-14(18)8-11-12(15)4-3-5-13(11)16/h3-5H,1,6-9H2,2H3,(H,17,18). The van der Waals surface area contributed by atoms with Gasteiger partial charge in [0.15, 0.2) is 0 Å². The van der Waals surface area contributed by atoms with E-state index in [-0.39, 0.29) is 12.3 Å². The molecule has 0 unspecified atom stereocenters. The molecule has 104 valence electrons. The van der Waals surface area contributed by atoms with Gasteiger partial charge in [-0.25, -0.2) is 0 Å². The Kier molecular flexibility index (Phi) is 6.92. The molecule has 1 rings (SSSR count). The number of ether oxygens (including phenoxy) is 1. The van der Waals surface area contributed by atoms with Gasteiger partial charge in [0.1, 0.15) is 0 Å². The summed E-state index contributed by atoms with van der Waals surface area (Å²) in [6, 6.07) is 5.18.